The molecule has 3 rings (SSSR count). The topological polar surface area (TPSA) is 96.7 Å². The van der Waals surface area contributed by atoms with Crippen molar-refractivity contribution < 1.29 is 19.3 Å². The number of azide groups is 1. The second-order valence-corrected chi connectivity index (χ2v) is 4.82. The fourth-order valence-corrected chi connectivity index (χ4v) is 2.51. The number of nitrogens with zero attached hydrogens (tertiary/aromatic N) is 3. The number of benzene rings is 1. The SMILES string of the molecule is [N-]=[N+]=NC1[C@@H]2OCC(O2)C(O)[C@H]1OCc1ccccc1. The Bertz CT molecular complexity index is 506. The van der Waals surface area contributed by atoms with E-state index in [1.807, 2.05) is 30.3 Å². The molecule has 1 aromatic carbocycles. The normalized spacial score (nSPS) is 35.5. The first-order valence-corrected chi connectivity index (χ1v) is 6.44. The van der Waals surface area contributed by atoms with Gasteiger partial charge in [-0.15, -0.1) is 0 Å². The lowest BCUT2D eigenvalue weighted by atomic mass is 9.99. The lowest BCUT2D eigenvalue weighted by molar-refractivity contribution is -0.195. The van der Waals surface area contributed by atoms with Gasteiger partial charge >= 0.3 is 0 Å². The van der Waals surface area contributed by atoms with E-state index in [2.05, 4.69) is 10.0 Å². The minimum Gasteiger partial charge on any atom is -0.388 e. The van der Waals surface area contributed by atoms with Gasteiger partial charge in [-0.05, 0) is 11.1 Å². The van der Waals surface area contributed by atoms with Crippen LogP contribution in [0.5, 0.6) is 0 Å². The van der Waals surface area contributed by atoms with E-state index in [1.54, 1.807) is 0 Å². The van der Waals surface area contributed by atoms with Crippen LogP contribution in [-0.2, 0) is 20.8 Å². The summed E-state index contributed by atoms with van der Waals surface area (Å²) < 4.78 is 16.6. The summed E-state index contributed by atoms with van der Waals surface area (Å²) in [5, 5.41) is 13.9. The second-order valence-electron chi connectivity index (χ2n) is 4.82. The average Bonchev–Trinajstić information content (AvgIpc) is 2.92. The van der Waals surface area contributed by atoms with E-state index < -0.39 is 30.6 Å². The Hall–Kier alpha value is -1.63. The molecule has 106 valence electrons. The molecule has 2 saturated heterocycles. The van der Waals surface area contributed by atoms with Gasteiger partial charge in [0, 0.05) is 4.91 Å². The van der Waals surface area contributed by atoms with E-state index in [1.165, 1.54) is 0 Å². The first kappa shape index (κ1) is 13.4. The van der Waals surface area contributed by atoms with Crippen molar-refractivity contribution in [2.75, 3.05) is 6.61 Å². The molecule has 0 saturated carbocycles. The van der Waals surface area contributed by atoms with Crippen molar-refractivity contribution in [2.24, 2.45) is 5.11 Å². The van der Waals surface area contributed by atoms with Crippen LogP contribution in [0.3, 0.4) is 0 Å². The Morgan fingerprint density at radius 2 is 2.20 bits per heavy atom. The highest BCUT2D eigenvalue weighted by molar-refractivity contribution is 5.13. The van der Waals surface area contributed by atoms with Crippen molar-refractivity contribution in [3.05, 3.63) is 46.3 Å². The number of aliphatic hydroxyl groups excluding tert-OH is 1. The van der Waals surface area contributed by atoms with Gasteiger partial charge in [0.05, 0.1) is 19.3 Å². The highest BCUT2D eigenvalue weighted by Gasteiger charge is 2.50. The Morgan fingerprint density at radius 3 is 2.95 bits per heavy atom. The predicted octanol–water partition coefficient (Wildman–Crippen LogP) is 1.37. The Balaban J connectivity index is 1.73. The molecule has 5 atom stereocenters. The zero-order valence-electron chi connectivity index (χ0n) is 10.7. The second kappa shape index (κ2) is 5.78. The first-order chi connectivity index (χ1) is 9.79. The lowest BCUT2D eigenvalue weighted by Crippen LogP contribution is -2.54. The molecule has 7 heteroatoms. The van der Waals surface area contributed by atoms with Crippen LogP contribution in [0, 0.1) is 0 Å². The van der Waals surface area contributed by atoms with Gasteiger partial charge in [-0.3, -0.25) is 0 Å². The van der Waals surface area contributed by atoms with Crippen molar-refractivity contribution in [2.45, 2.75) is 37.3 Å². The molecule has 1 N–H and O–H groups in total. The van der Waals surface area contributed by atoms with Gasteiger partial charge in [0.25, 0.3) is 0 Å². The maximum absolute atomic E-state index is 10.2. The van der Waals surface area contributed by atoms with Crippen molar-refractivity contribution >= 4 is 0 Å². The van der Waals surface area contributed by atoms with Crippen LogP contribution < -0.4 is 0 Å². The van der Waals surface area contributed by atoms with Gasteiger partial charge in [0.15, 0.2) is 6.29 Å². The smallest absolute Gasteiger partial charge is 0.169 e. The minimum atomic E-state index is -0.868. The summed E-state index contributed by atoms with van der Waals surface area (Å²) in [4.78, 5) is 2.79. The molecule has 7 nitrogen and oxygen atoms in total. The third kappa shape index (κ3) is 2.49. The fraction of sp³-hybridized carbons (Fsp3) is 0.538. The molecule has 0 amide bonds. The van der Waals surface area contributed by atoms with Crippen LogP contribution in [0.1, 0.15) is 5.56 Å². The highest BCUT2D eigenvalue weighted by atomic mass is 16.7. The molecule has 1 aromatic rings. The third-order valence-corrected chi connectivity index (χ3v) is 3.54. The van der Waals surface area contributed by atoms with Gasteiger partial charge in [0.2, 0.25) is 0 Å². The third-order valence-electron chi connectivity index (χ3n) is 3.54. The van der Waals surface area contributed by atoms with Crippen molar-refractivity contribution in [1.29, 1.82) is 0 Å². The maximum atomic E-state index is 10.2. The molecule has 20 heavy (non-hydrogen) atoms. The minimum absolute atomic E-state index is 0.286. The molecule has 0 radical (unpaired) electrons. The van der Waals surface area contributed by atoms with Crippen LogP contribution in [-0.4, -0.2) is 42.4 Å². The van der Waals surface area contributed by atoms with Gasteiger partial charge in [-0.2, -0.15) is 0 Å². The van der Waals surface area contributed by atoms with E-state index in [9.17, 15) is 5.11 Å². The summed E-state index contributed by atoms with van der Waals surface area (Å²) in [5.74, 6) is 0. The Kier molecular flexibility index (Phi) is 3.86. The summed E-state index contributed by atoms with van der Waals surface area (Å²) in [5.41, 5.74) is 9.63. The van der Waals surface area contributed by atoms with Crippen LogP contribution in [0.2, 0.25) is 0 Å². The van der Waals surface area contributed by atoms with Crippen LogP contribution in [0.4, 0.5) is 0 Å². The Labute approximate surface area is 115 Å². The number of fused-ring (bicyclic) bond motifs is 2. The number of rotatable bonds is 4. The van der Waals surface area contributed by atoms with Crippen LogP contribution in [0.15, 0.2) is 35.4 Å². The number of hydrogen-bond acceptors (Lipinski definition) is 5. The molecule has 0 spiro atoms. The molecule has 0 aromatic heterocycles. The summed E-state index contributed by atoms with van der Waals surface area (Å²) in [6.07, 6.45) is -2.56. The summed E-state index contributed by atoms with van der Waals surface area (Å²) in [6.45, 7) is 0.619. The van der Waals surface area contributed by atoms with E-state index in [0.29, 0.717) is 6.61 Å². The maximum Gasteiger partial charge on any atom is 0.169 e. The molecular formula is C13H15N3O4. The molecule has 2 aliphatic heterocycles. The molecule has 2 fully saturated rings. The van der Waals surface area contributed by atoms with E-state index in [0.717, 1.165) is 5.56 Å². The largest absolute Gasteiger partial charge is 0.388 e. The van der Waals surface area contributed by atoms with Crippen LogP contribution in [0.25, 0.3) is 10.4 Å². The Morgan fingerprint density at radius 1 is 1.40 bits per heavy atom. The molecule has 2 heterocycles. The van der Waals surface area contributed by atoms with Gasteiger partial charge in [-0.1, -0.05) is 35.4 Å². The number of hydrogen-bond donors (Lipinski definition) is 1. The zero-order chi connectivity index (χ0) is 13.9. The highest BCUT2D eigenvalue weighted by Crippen LogP contribution is 2.32. The molecule has 0 aliphatic carbocycles. The standard InChI is InChI=1S/C13H15N3O4/c14-16-15-10-12(11(17)9-7-19-13(10)20-9)18-6-8-4-2-1-3-5-8/h1-5,9-13,17H,6-7H2/t9?,10?,11?,12-,13+/m0/s1. The zero-order valence-corrected chi connectivity index (χ0v) is 10.7. The van der Waals surface area contributed by atoms with Crippen molar-refractivity contribution in [3.63, 3.8) is 0 Å². The molecule has 3 unspecified atom stereocenters. The number of ether oxygens (including phenoxy) is 3. The van der Waals surface area contributed by atoms with Gasteiger partial charge < -0.3 is 19.3 Å². The fourth-order valence-electron chi connectivity index (χ4n) is 2.51. The molecular weight excluding hydrogens is 262 g/mol. The summed E-state index contributed by atoms with van der Waals surface area (Å²) in [6, 6.07) is 8.92. The summed E-state index contributed by atoms with van der Waals surface area (Å²) >= 11 is 0. The quantitative estimate of drug-likeness (QED) is 0.510. The summed E-state index contributed by atoms with van der Waals surface area (Å²) in [7, 11) is 0. The molecule has 2 aliphatic rings. The van der Waals surface area contributed by atoms with Gasteiger partial charge in [-0.25, -0.2) is 0 Å². The number of aliphatic hydroxyl groups is 1. The average molecular weight is 277 g/mol. The van der Waals surface area contributed by atoms with Crippen molar-refractivity contribution in [3.8, 4) is 0 Å². The predicted molar refractivity (Wildman–Crippen MR) is 68.6 cm³/mol. The van der Waals surface area contributed by atoms with E-state index >= 15 is 0 Å². The first-order valence-electron chi connectivity index (χ1n) is 6.44. The van der Waals surface area contributed by atoms with Gasteiger partial charge in [0.1, 0.15) is 18.2 Å². The van der Waals surface area contributed by atoms with Crippen molar-refractivity contribution in [1.82, 2.24) is 0 Å². The van der Waals surface area contributed by atoms with E-state index in [4.69, 9.17) is 19.7 Å². The monoisotopic (exact) mass is 277 g/mol. The lowest BCUT2D eigenvalue weighted by Gasteiger charge is -2.36. The van der Waals surface area contributed by atoms with E-state index in [-0.39, 0.29) is 6.61 Å². The van der Waals surface area contributed by atoms with Crippen LogP contribution >= 0.6 is 0 Å². The molecule has 2 bridgehead atoms.